The number of nitrogens with one attached hydrogen (secondary N) is 3. The molecular weight excluding hydrogens is 520 g/mol. The van der Waals surface area contributed by atoms with Gasteiger partial charge in [0.2, 0.25) is 5.91 Å². The van der Waals surface area contributed by atoms with Crippen LogP contribution in [0, 0.1) is 0 Å². The normalized spacial score (nSPS) is 19.0. The molecule has 2 aromatic rings. The van der Waals surface area contributed by atoms with Gasteiger partial charge in [-0.05, 0) is 17.7 Å². The van der Waals surface area contributed by atoms with Crippen LogP contribution in [-0.4, -0.2) is 69.5 Å². The third-order valence-corrected chi connectivity index (χ3v) is 6.98. The zero-order valence-electron chi connectivity index (χ0n) is 19.8. The fraction of sp³-hybridized carbons (Fsp3) is 0.250. The number of ether oxygens (including phenoxy) is 1. The second-order valence-electron chi connectivity index (χ2n) is 8.18. The van der Waals surface area contributed by atoms with Gasteiger partial charge in [0, 0.05) is 18.2 Å². The largest absolute Gasteiger partial charge is 0.477 e. The number of hydrogen-bond acceptors (Lipinski definition) is 9. The predicted octanol–water partition coefficient (Wildman–Crippen LogP) is 0.762. The first kappa shape index (κ1) is 26.5. The van der Waals surface area contributed by atoms with Crippen molar-refractivity contribution in [2.75, 3.05) is 12.4 Å². The van der Waals surface area contributed by atoms with Gasteiger partial charge in [0.1, 0.15) is 29.8 Å². The van der Waals surface area contributed by atoms with Crippen LogP contribution in [0.15, 0.2) is 64.4 Å². The molecule has 3 heterocycles. The van der Waals surface area contributed by atoms with Crippen molar-refractivity contribution in [1.82, 2.24) is 20.9 Å². The number of aliphatic carboxylic acids is 1. The summed E-state index contributed by atoms with van der Waals surface area (Å²) in [5.74, 6) is -4.14. The quantitative estimate of drug-likeness (QED) is 0.274. The van der Waals surface area contributed by atoms with Gasteiger partial charge in [-0.2, -0.15) is 0 Å². The summed E-state index contributed by atoms with van der Waals surface area (Å²) in [4.78, 5) is 74.9. The third-order valence-electron chi connectivity index (χ3n) is 5.64. The lowest BCUT2D eigenvalue weighted by Gasteiger charge is -2.49. The molecule has 0 unspecified atom stereocenters. The molecule has 0 radical (unpaired) electrons. The van der Waals surface area contributed by atoms with Crippen LogP contribution in [0.5, 0.6) is 0 Å². The maximum absolute atomic E-state index is 13.3. The smallest absolute Gasteiger partial charge is 0.352 e. The Morgan fingerprint density at radius 2 is 1.89 bits per heavy atom. The van der Waals surface area contributed by atoms with E-state index in [0.29, 0.717) is 5.56 Å². The minimum absolute atomic E-state index is 0.106. The standard InChI is InChI=1S/C24H22N4O9S/c1-12(29)37-10-14-11-38-22-17(21(32)28(22)18(14)23(33)34)25-20(31)16(13-6-3-2-4-7-13)26-24(35)27-19(30)15-8-5-9-36-15/h2-9,16-17,22H,10-11H2,1H3,(H,25,31)(H,33,34)(H2,26,27,30,35)/t16-,17-,22-/m1/s1. The molecule has 2 aliphatic heterocycles. The van der Waals surface area contributed by atoms with Gasteiger partial charge in [-0.3, -0.25) is 29.4 Å². The predicted molar refractivity (Wildman–Crippen MR) is 130 cm³/mol. The number of urea groups is 1. The van der Waals surface area contributed by atoms with Gasteiger partial charge in [-0.25, -0.2) is 9.59 Å². The van der Waals surface area contributed by atoms with E-state index in [1.807, 2.05) is 0 Å². The van der Waals surface area contributed by atoms with E-state index in [4.69, 9.17) is 9.15 Å². The molecule has 0 saturated carbocycles. The maximum Gasteiger partial charge on any atom is 0.352 e. The van der Waals surface area contributed by atoms with E-state index >= 15 is 0 Å². The number of furan rings is 1. The van der Waals surface area contributed by atoms with Crippen molar-refractivity contribution in [3.05, 3.63) is 71.3 Å². The number of carboxylic acid groups (broad SMARTS) is 1. The lowest BCUT2D eigenvalue weighted by Crippen LogP contribution is -2.71. The molecule has 5 amide bonds. The molecule has 0 bridgehead atoms. The van der Waals surface area contributed by atoms with Crippen molar-refractivity contribution in [1.29, 1.82) is 0 Å². The van der Waals surface area contributed by atoms with Crippen LogP contribution in [0.3, 0.4) is 0 Å². The average Bonchev–Trinajstić information content (AvgIpc) is 3.44. The second-order valence-corrected chi connectivity index (χ2v) is 9.29. The van der Waals surface area contributed by atoms with Gasteiger partial charge >= 0.3 is 18.0 Å². The Labute approximate surface area is 219 Å². The minimum Gasteiger partial charge on any atom is -0.477 e. The number of imide groups is 1. The fourth-order valence-corrected chi connectivity index (χ4v) is 5.23. The van der Waals surface area contributed by atoms with Crippen molar-refractivity contribution in [2.24, 2.45) is 0 Å². The SMILES string of the molecule is CC(=O)OCC1=C(C(=O)O)N2C(=O)[C@@H](NC(=O)[C@H](NC(=O)NC(=O)c3ccco3)c3ccccc3)[C@H]2SC1. The molecule has 2 aliphatic rings. The van der Waals surface area contributed by atoms with E-state index in [9.17, 15) is 33.9 Å². The third kappa shape index (κ3) is 5.54. The van der Waals surface area contributed by atoms with Crippen LogP contribution in [0.4, 0.5) is 4.79 Å². The zero-order chi connectivity index (χ0) is 27.4. The molecular formula is C24H22N4O9S. The topological polar surface area (TPSA) is 184 Å². The Morgan fingerprint density at radius 3 is 2.53 bits per heavy atom. The molecule has 0 spiro atoms. The van der Waals surface area contributed by atoms with Crippen LogP contribution >= 0.6 is 11.8 Å². The summed E-state index contributed by atoms with van der Waals surface area (Å²) in [6, 6.07) is 7.65. The van der Waals surface area contributed by atoms with Crippen LogP contribution in [0.2, 0.25) is 0 Å². The summed E-state index contributed by atoms with van der Waals surface area (Å²) in [5.41, 5.74) is 0.341. The highest BCUT2D eigenvalue weighted by molar-refractivity contribution is 8.00. The first-order valence-electron chi connectivity index (χ1n) is 11.2. The van der Waals surface area contributed by atoms with E-state index < -0.39 is 53.1 Å². The summed E-state index contributed by atoms with van der Waals surface area (Å²) >= 11 is 1.20. The van der Waals surface area contributed by atoms with Gasteiger partial charge in [0.15, 0.2) is 5.76 Å². The number of rotatable bonds is 8. The number of benzene rings is 1. The first-order valence-corrected chi connectivity index (χ1v) is 12.3. The molecule has 4 rings (SSSR count). The Bertz CT molecular complexity index is 1310. The van der Waals surface area contributed by atoms with Crippen LogP contribution < -0.4 is 16.0 Å². The van der Waals surface area contributed by atoms with Gasteiger partial charge < -0.3 is 24.9 Å². The fourth-order valence-electron chi connectivity index (χ4n) is 3.91. The summed E-state index contributed by atoms with van der Waals surface area (Å²) in [6.45, 7) is 0.911. The summed E-state index contributed by atoms with van der Waals surface area (Å²) in [7, 11) is 0. The van der Waals surface area contributed by atoms with Crippen molar-refractivity contribution in [3.63, 3.8) is 0 Å². The van der Waals surface area contributed by atoms with E-state index in [1.165, 1.54) is 37.1 Å². The average molecular weight is 543 g/mol. The van der Waals surface area contributed by atoms with Crippen molar-refractivity contribution >= 4 is 47.5 Å². The van der Waals surface area contributed by atoms with Crippen LogP contribution in [0.1, 0.15) is 29.1 Å². The number of amides is 5. The lowest BCUT2D eigenvalue weighted by molar-refractivity contribution is -0.151. The van der Waals surface area contributed by atoms with E-state index in [1.54, 1.807) is 30.3 Å². The molecule has 13 nitrogen and oxygen atoms in total. The van der Waals surface area contributed by atoms with Crippen LogP contribution in [-0.2, 0) is 23.9 Å². The summed E-state index contributed by atoms with van der Waals surface area (Å²) in [6.07, 6.45) is 1.26. The number of thioether (sulfide) groups is 1. The van der Waals surface area contributed by atoms with E-state index in [0.717, 1.165) is 4.90 Å². The first-order chi connectivity index (χ1) is 18.2. The molecule has 38 heavy (non-hydrogen) atoms. The van der Waals surface area contributed by atoms with E-state index in [2.05, 4.69) is 16.0 Å². The van der Waals surface area contributed by atoms with Crippen LogP contribution in [0.25, 0.3) is 0 Å². The Balaban J connectivity index is 1.48. The highest BCUT2D eigenvalue weighted by atomic mass is 32.2. The number of fused-ring (bicyclic) bond motifs is 1. The molecule has 1 aromatic heterocycles. The van der Waals surface area contributed by atoms with Gasteiger partial charge in [-0.15, -0.1) is 11.8 Å². The molecule has 3 atom stereocenters. The van der Waals surface area contributed by atoms with Gasteiger partial charge in [-0.1, -0.05) is 30.3 Å². The molecule has 14 heteroatoms. The molecule has 1 aromatic carbocycles. The number of esters is 1. The molecule has 1 saturated heterocycles. The van der Waals surface area contributed by atoms with E-state index in [-0.39, 0.29) is 29.4 Å². The molecule has 1 fully saturated rings. The van der Waals surface area contributed by atoms with Crippen molar-refractivity contribution < 1.29 is 43.0 Å². The number of carbonyl (C=O) groups excluding carboxylic acids is 5. The highest BCUT2D eigenvalue weighted by Gasteiger charge is 2.54. The summed E-state index contributed by atoms with van der Waals surface area (Å²) < 4.78 is 9.85. The number of nitrogens with zero attached hydrogens (tertiary/aromatic N) is 1. The number of carboxylic acids is 1. The van der Waals surface area contributed by atoms with Crippen molar-refractivity contribution in [2.45, 2.75) is 24.4 Å². The number of β-lactam (4-membered cyclic amide) rings is 1. The van der Waals surface area contributed by atoms with Crippen molar-refractivity contribution in [3.8, 4) is 0 Å². The number of carbonyl (C=O) groups is 6. The zero-order valence-corrected chi connectivity index (χ0v) is 20.7. The monoisotopic (exact) mass is 542 g/mol. The minimum atomic E-state index is -1.36. The second kappa shape index (κ2) is 11.2. The Morgan fingerprint density at radius 1 is 1.16 bits per heavy atom. The number of hydrogen-bond donors (Lipinski definition) is 4. The maximum atomic E-state index is 13.3. The van der Waals surface area contributed by atoms with Gasteiger partial charge in [0.05, 0.1) is 6.26 Å². The summed E-state index contributed by atoms with van der Waals surface area (Å²) in [5, 5.41) is 16.0. The Kier molecular flexibility index (Phi) is 7.81. The molecule has 198 valence electrons. The molecule has 4 N–H and O–H groups in total. The lowest BCUT2D eigenvalue weighted by atomic mass is 10.0. The van der Waals surface area contributed by atoms with Gasteiger partial charge in [0.25, 0.3) is 11.8 Å². The Hall–Kier alpha value is -4.59. The molecule has 0 aliphatic carbocycles. The highest BCUT2D eigenvalue weighted by Crippen LogP contribution is 2.40.